The molecule has 0 saturated heterocycles. The van der Waals surface area contributed by atoms with Gasteiger partial charge in [0.05, 0.1) is 13.7 Å². The van der Waals surface area contributed by atoms with Gasteiger partial charge < -0.3 is 20.5 Å². The predicted molar refractivity (Wildman–Crippen MR) is 144 cm³/mol. The molecule has 2 amide bonds. The van der Waals surface area contributed by atoms with E-state index < -0.39 is 18.6 Å². The molecule has 36 heavy (non-hydrogen) atoms. The van der Waals surface area contributed by atoms with Crippen LogP contribution in [0.15, 0.2) is 78.9 Å². The number of amides is 2. The van der Waals surface area contributed by atoms with E-state index in [0.717, 1.165) is 6.42 Å². The summed E-state index contributed by atoms with van der Waals surface area (Å²) in [5.74, 6) is -0.0656. The molecule has 0 spiro atoms. The Labute approximate surface area is 209 Å². The molecule has 0 saturated carbocycles. The number of aliphatic hydroxyl groups is 1. The van der Waals surface area contributed by atoms with Gasteiger partial charge >= 0.3 is 0 Å². The third kappa shape index (κ3) is 4.68. The highest BCUT2D eigenvalue weighted by molar-refractivity contribution is 6.23. The lowest BCUT2D eigenvalue weighted by molar-refractivity contribution is -0.127. The van der Waals surface area contributed by atoms with Crippen LogP contribution in [0.2, 0.25) is 0 Å². The van der Waals surface area contributed by atoms with Crippen LogP contribution in [0.3, 0.4) is 0 Å². The molecule has 0 bridgehead atoms. The first kappa shape index (κ1) is 23.6. The van der Waals surface area contributed by atoms with Crippen LogP contribution in [0.25, 0.3) is 32.3 Å². The van der Waals surface area contributed by atoms with E-state index in [1.54, 1.807) is 31.4 Å². The van der Waals surface area contributed by atoms with Crippen molar-refractivity contribution in [2.75, 3.05) is 19.0 Å². The zero-order chi connectivity index (χ0) is 25.1. The third-order valence-electron chi connectivity index (χ3n) is 6.66. The first-order valence-electron chi connectivity index (χ1n) is 12.1. The molecule has 6 nitrogen and oxygen atoms in total. The van der Waals surface area contributed by atoms with Crippen molar-refractivity contribution in [3.63, 3.8) is 0 Å². The molecule has 0 fully saturated rings. The molecule has 1 unspecified atom stereocenters. The normalized spacial score (nSPS) is 12.2. The van der Waals surface area contributed by atoms with Gasteiger partial charge in [0.25, 0.3) is 0 Å². The van der Waals surface area contributed by atoms with Crippen LogP contribution in [0, 0.1) is 0 Å². The van der Waals surface area contributed by atoms with Gasteiger partial charge in [0, 0.05) is 12.1 Å². The quantitative estimate of drug-likeness (QED) is 0.258. The summed E-state index contributed by atoms with van der Waals surface area (Å²) in [5.41, 5.74) is 1.76. The molecule has 0 radical (unpaired) electrons. The molecular formula is C30H28N2O4. The Morgan fingerprint density at radius 1 is 0.861 bits per heavy atom. The number of ether oxygens (including phenoxy) is 1. The number of methoxy groups -OCH3 is 1. The highest BCUT2D eigenvalue weighted by atomic mass is 16.5. The van der Waals surface area contributed by atoms with E-state index in [1.165, 1.54) is 37.9 Å². The van der Waals surface area contributed by atoms with Gasteiger partial charge in [-0.05, 0) is 75.0 Å². The molecule has 0 heterocycles. The largest absolute Gasteiger partial charge is 0.497 e. The summed E-state index contributed by atoms with van der Waals surface area (Å²) in [5, 5.41) is 22.4. The molecule has 0 aromatic heterocycles. The van der Waals surface area contributed by atoms with Crippen molar-refractivity contribution >= 4 is 49.8 Å². The van der Waals surface area contributed by atoms with Crippen molar-refractivity contribution in [3.05, 3.63) is 84.4 Å². The van der Waals surface area contributed by atoms with Crippen LogP contribution in [0.5, 0.6) is 5.75 Å². The molecule has 5 aromatic carbocycles. The van der Waals surface area contributed by atoms with Crippen LogP contribution < -0.4 is 15.4 Å². The molecule has 3 N–H and O–H groups in total. The minimum atomic E-state index is -1.02. The molecule has 1 atom stereocenters. The Hall–Kier alpha value is -4.16. The van der Waals surface area contributed by atoms with Crippen molar-refractivity contribution in [3.8, 4) is 5.75 Å². The van der Waals surface area contributed by atoms with Crippen LogP contribution in [0.4, 0.5) is 5.69 Å². The second kappa shape index (κ2) is 10.2. The van der Waals surface area contributed by atoms with E-state index in [4.69, 9.17) is 4.74 Å². The van der Waals surface area contributed by atoms with Crippen LogP contribution in [0.1, 0.15) is 18.4 Å². The average Bonchev–Trinajstić information content (AvgIpc) is 2.91. The number of carbonyl (C=O) groups excluding carboxylic acids is 2. The summed E-state index contributed by atoms with van der Waals surface area (Å²) in [6.45, 7) is -0.483. The zero-order valence-corrected chi connectivity index (χ0v) is 20.1. The lowest BCUT2D eigenvalue weighted by atomic mass is 9.90. The fourth-order valence-electron chi connectivity index (χ4n) is 4.82. The van der Waals surface area contributed by atoms with E-state index in [0.29, 0.717) is 17.9 Å². The van der Waals surface area contributed by atoms with Crippen molar-refractivity contribution in [1.82, 2.24) is 5.32 Å². The number of carbonyl (C=O) groups is 2. The van der Waals surface area contributed by atoms with E-state index in [1.807, 2.05) is 0 Å². The standard InChI is InChI=1S/C30H28N2O4/c1-36-24-15-13-23(14-16-24)31-30(35)26(18-33)32-27(34)7-3-4-19-8-9-22-11-10-20-5-2-6-21-12-17-25(19)29(22)28(20)21/h2,5-6,8-17,26,33H,3-4,7,18H2,1H3,(H,31,35)(H,32,34). The number of anilines is 1. The first-order valence-corrected chi connectivity index (χ1v) is 12.1. The molecule has 0 aliphatic carbocycles. The summed E-state index contributed by atoms with van der Waals surface area (Å²) in [4.78, 5) is 25.1. The van der Waals surface area contributed by atoms with E-state index in [-0.39, 0.29) is 12.3 Å². The second-order valence-electron chi connectivity index (χ2n) is 8.95. The molecular weight excluding hydrogens is 452 g/mol. The molecule has 0 aliphatic heterocycles. The monoisotopic (exact) mass is 480 g/mol. The Morgan fingerprint density at radius 3 is 2.22 bits per heavy atom. The van der Waals surface area contributed by atoms with Gasteiger partial charge in [-0.2, -0.15) is 0 Å². The lowest BCUT2D eigenvalue weighted by Gasteiger charge is -2.17. The second-order valence-corrected chi connectivity index (χ2v) is 8.95. The molecule has 5 aromatic rings. The fourth-order valence-corrected chi connectivity index (χ4v) is 4.82. The van der Waals surface area contributed by atoms with Crippen molar-refractivity contribution in [2.24, 2.45) is 0 Å². The van der Waals surface area contributed by atoms with Crippen LogP contribution in [-0.4, -0.2) is 36.7 Å². The summed E-state index contributed by atoms with van der Waals surface area (Å²) in [7, 11) is 1.56. The zero-order valence-electron chi connectivity index (χ0n) is 20.1. The summed E-state index contributed by atoms with van der Waals surface area (Å²) in [6.07, 6.45) is 1.63. The highest BCUT2D eigenvalue weighted by Gasteiger charge is 2.20. The number of hydrogen-bond acceptors (Lipinski definition) is 4. The minimum absolute atomic E-state index is 0.258. The van der Waals surface area contributed by atoms with Gasteiger partial charge in [-0.3, -0.25) is 9.59 Å². The Bertz CT molecular complexity index is 1510. The number of aliphatic hydroxyl groups excluding tert-OH is 1. The van der Waals surface area contributed by atoms with Gasteiger partial charge in [0.15, 0.2) is 0 Å². The smallest absolute Gasteiger partial charge is 0.249 e. The summed E-state index contributed by atoms with van der Waals surface area (Å²) >= 11 is 0. The van der Waals surface area contributed by atoms with Crippen molar-refractivity contribution in [2.45, 2.75) is 25.3 Å². The Balaban J connectivity index is 1.22. The van der Waals surface area contributed by atoms with Crippen LogP contribution >= 0.6 is 0 Å². The number of nitrogens with one attached hydrogen (secondary N) is 2. The number of aryl methyl sites for hydroxylation is 1. The number of benzene rings is 5. The summed E-state index contributed by atoms with van der Waals surface area (Å²) < 4.78 is 5.11. The van der Waals surface area contributed by atoms with E-state index in [2.05, 4.69) is 65.2 Å². The minimum Gasteiger partial charge on any atom is -0.497 e. The first-order chi connectivity index (χ1) is 17.6. The van der Waals surface area contributed by atoms with Crippen molar-refractivity contribution in [1.29, 1.82) is 0 Å². The van der Waals surface area contributed by atoms with Gasteiger partial charge in [-0.25, -0.2) is 0 Å². The molecule has 182 valence electrons. The van der Waals surface area contributed by atoms with Gasteiger partial charge in [0.1, 0.15) is 11.8 Å². The predicted octanol–water partition coefficient (Wildman–Crippen LogP) is 5.03. The van der Waals surface area contributed by atoms with E-state index in [9.17, 15) is 14.7 Å². The fraction of sp³-hybridized carbons (Fsp3) is 0.200. The van der Waals surface area contributed by atoms with Gasteiger partial charge in [-0.15, -0.1) is 0 Å². The van der Waals surface area contributed by atoms with Crippen LogP contribution in [-0.2, 0) is 16.0 Å². The SMILES string of the molecule is COc1ccc(NC(=O)C(CO)NC(=O)CCCc2ccc3ccc4cccc5ccc2c3c45)cc1. The number of rotatable bonds is 9. The highest BCUT2D eigenvalue weighted by Crippen LogP contribution is 2.36. The Kier molecular flexibility index (Phi) is 6.69. The van der Waals surface area contributed by atoms with Crippen molar-refractivity contribution < 1.29 is 19.4 Å². The van der Waals surface area contributed by atoms with Gasteiger partial charge in [-0.1, -0.05) is 54.6 Å². The summed E-state index contributed by atoms with van der Waals surface area (Å²) in [6, 6.07) is 25.1. The average molecular weight is 481 g/mol. The van der Waals surface area contributed by atoms with Gasteiger partial charge in [0.2, 0.25) is 11.8 Å². The maximum atomic E-state index is 12.6. The lowest BCUT2D eigenvalue weighted by Crippen LogP contribution is -2.46. The maximum Gasteiger partial charge on any atom is 0.249 e. The molecule has 6 heteroatoms. The molecule has 0 aliphatic rings. The van der Waals surface area contributed by atoms with E-state index >= 15 is 0 Å². The maximum absolute atomic E-state index is 12.6. The molecule has 5 rings (SSSR count). The topological polar surface area (TPSA) is 87.7 Å². The Morgan fingerprint density at radius 2 is 1.53 bits per heavy atom. The number of hydrogen-bond donors (Lipinski definition) is 3. The third-order valence-corrected chi connectivity index (χ3v) is 6.66.